The molecule has 1 saturated carbocycles. The number of rotatable bonds is 3. The van der Waals surface area contributed by atoms with Crippen LogP contribution < -0.4 is 5.32 Å². The monoisotopic (exact) mass is 348 g/mol. The molecule has 136 valence electrons. The van der Waals surface area contributed by atoms with Gasteiger partial charge in [0.15, 0.2) is 0 Å². The molecule has 1 aliphatic carbocycles. The van der Waals surface area contributed by atoms with Crippen LogP contribution in [0.1, 0.15) is 38.1 Å². The Balaban J connectivity index is 0.000000256. The first kappa shape index (κ1) is 18.6. The number of likely N-dealkylation sites (tertiary alicyclic amines) is 1. The Morgan fingerprint density at radius 3 is 2.33 bits per heavy atom. The molecule has 1 aromatic heterocycles. The van der Waals surface area contributed by atoms with Gasteiger partial charge in [0.05, 0.1) is 17.9 Å². The van der Waals surface area contributed by atoms with Gasteiger partial charge in [0, 0.05) is 12.2 Å². The first-order valence-corrected chi connectivity index (χ1v) is 8.05. The lowest BCUT2D eigenvalue weighted by Gasteiger charge is -2.29. The smallest absolute Gasteiger partial charge is 0.475 e. The molecule has 2 aliphatic rings. The summed E-state index contributed by atoms with van der Waals surface area (Å²) in [6.45, 7) is 2.41. The van der Waals surface area contributed by atoms with E-state index in [0.29, 0.717) is 12.1 Å². The van der Waals surface area contributed by atoms with Crippen LogP contribution in [0.25, 0.3) is 0 Å². The number of nitrogens with one attached hydrogen (secondary N) is 1. The van der Waals surface area contributed by atoms with Crippen LogP contribution in [0.5, 0.6) is 0 Å². The van der Waals surface area contributed by atoms with Gasteiger partial charge in [-0.25, -0.2) is 4.79 Å². The molecule has 0 atom stereocenters. The minimum Gasteiger partial charge on any atom is -0.475 e. The third-order valence-electron chi connectivity index (χ3n) is 4.38. The molecule has 1 aliphatic heterocycles. The number of carboxylic acids is 1. The summed E-state index contributed by atoms with van der Waals surface area (Å²) in [6.07, 6.45) is 5.53. The third kappa shape index (κ3) is 5.40. The zero-order chi connectivity index (χ0) is 17.7. The van der Waals surface area contributed by atoms with Gasteiger partial charge in [0.25, 0.3) is 0 Å². The summed E-state index contributed by atoms with van der Waals surface area (Å²) in [4.78, 5) is 11.3. The van der Waals surface area contributed by atoms with Gasteiger partial charge in [0.2, 0.25) is 0 Å². The van der Waals surface area contributed by atoms with Crippen LogP contribution in [-0.4, -0.2) is 58.1 Å². The van der Waals surface area contributed by atoms with E-state index in [1.165, 1.54) is 50.9 Å². The molecule has 0 bridgehead atoms. The van der Waals surface area contributed by atoms with Gasteiger partial charge in [0.1, 0.15) is 0 Å². The zero-order valence-corrected chi connectivity index (χ0v) is 13.6. The summed E-state index contributed by atoms with van der Waals surface area (Å²) in [6, 6.07) is 1.30. The van der Waals surface area contributed by atoms with Gasteiger partial charge in [-0.3, -0.25) is 4.68 Å². The van der Waals surface area contributed by atoms with Crippen LogP contribution in [0.4, 0.5) is 18.9 Å². The molecule has 2 N–H and O–H groups in total. The number of hydrogen-bond acceptors (Lipinski definition) is 4. The van der Waals surface area contributed by atoms with E-state index in [9.17, 15) is 13.2 Å². The molecule has 6 nitrogen and oxygen atoms in total. The maximum atomic E-state index is 10.6. The Labute approximate surface area is 138 Å². The van der Waals surface area contributed by atoms with Crippen LogP contribution in [0.2, 0.25) is 0 Å². The van der Waals surface area contributed by atoms with Crippen molar-refractivity contribution >= 4 is 11.7 Å². The van der Waals surface area contributed by atoms with Crippen molar-refractivity contribution in [3.8, 4) is 0 Å². The van der Waals surface area contributed by atoms with Crippen molar-refractivity contribution in [2.75, 3.05) is 25.5 Å². The largest absolute Gasteiger partial charge is 0.490 e. The second-order valence-electron chi connectivity index (χ2n) is 6.32. The van der Waals surface area contributed by atoms with Crippen molar-refractivity contribution in [1.82, 2.24) is 14.7 Å². The minimum atomic E-state index is -5.08. The second-order valence-corrected chi connectivity index (χ2v) is 6.32. The Hall–Kier alpha value is -1.77. The van der Waals surface area contributed by atoms with Crippen LogP contribution >= 0.6 is 0 Å². The highest BCUT2D eigenvalue weighted by Gasteiger charge is 2.38. The Bertz CT molecular complexity index is 535. The van der Waals surface area contributed by atoms with Crippen LogP contribution in [0.3, 0.4) is 0 Å². The number of halogens is 3. The number of piperidine rings is 1. The molecule has 2 fully saturated rings. The first-order chi connectivity index (χ1) is 11.3. The number of carbonyl (C=O) groups is 1. The van der Waals surface area contributed by atoms with Crippen LogP contribution in [0, 0.1) is 0 Å². The molecule has 9 heteroatoms. The van der Waals surface area contributed by atoms with E-state index < -0.39 is 12.1 Å². The average Bonchev–Trinajstić information content (AvgIpc) is 2.87. The number of aromatic nitrogens is 2. The van der Waals surface area contributed by atoms with Gasteiger partial charge in [-0.05, 0) is 52.2 Å². The predicted octanol–water partition coefficient (Wildman–Crippen LogP) is 2.75. The Morgan fingerprint density at radius 2 is 1.88 bits per heavy atom. The number of aliphatic carboxylic acids is 1. The highest BCUT2D eigenvalue weighted by atomic mass is 19.4. The fraction of sp³-hybridized carbons (Fsp3) is 0.733. The SMILES string of the molecule is CN1CCC(Nc2cnn(C3CCC3)c2)CC1.O=C(O)C(F)(F)F. The average molecular weight is 348 g/mol. The molecule has 0 aromatic carbocycles. The number of alkyl halides is 3. The minimum absolute atomic E-state index is 0.630. The molecule has 0 amide bonds. The van der Waals surface area contributed by atoms with E-state index in [2.05, 4.69) is 33.2 Å². The van der Waals surface area contributed by atoms with Gasteiger partial charge >= 0.3 is 12.1 Å². The molecule has 1 saturated heterocycles. The van der Waals surface area contributed by atoms with E-state index >= 15 is 0 Å². The Kier molecular flexibility index (Phi) is 6.09. The van der Waals surface area contributed by atoms with Crippen LogP contribution in [0.15, 0.2) is 12.4 Å². The summed E-state index contributed by atoms with van der Waals surface area (Å²) < 4.78 is 33.9. The maximum absolute atomic E-state index is 10.6. The zero-order valence-electron chi connectivity index (χ0n) is 13.6. The standard InChI is InChI=1S/C13H22N4.C2HF3O2/c1-16-7-5-11(6-8-16)15-12-9-14-17(10-12)13-3-2-4-13;3-2(4,5)1(6)7/h9-11,13,15H,2-8H2,1H3;(H,6,7). The summed E-state index contributed by atoms with van der Waals surface area (Å²) in [7, 11) is 2.20. The molecule has 3 rings (SSSR count). The first-order valence-electron chi connectivity index (χ1n) is 8.05. The normalized spacial score (nSPS) is 20.0. The van der Waals surface area contributed by atoms with E-state index in [4.69, 9.17) is 9.90 Å². The molecule has 0 unspecified atom stereocenters. The summed E-state index contributed by atoms with van der Waals surface area (Å²) in [5, 5.41) is 15.2. The molecular weight excluding hydrogens is 325 g/mol. The predicted molar refractivity (Wildman–Crippen MR) is 82.9 cm³/mol. The Morgan fingerprint density at radius 1 is 1.29 bits per heavy atom. The molecule has 1 aromatic rings. The van der Waals surface area contributed by atoms with E-state index in [1.807, 2.05) is 6.20 Å². The second kappa shape index (κ2) is 7.87. The lowest BCUT2D eigenvalue weighted by molar-refractivity contribution is -0.192. The lowest BCUT2D eigenvalue weighted by atomic mass is 9.93. The fourth-order valence-corrected chi connectivity index (χ4v) is 2.65. The molecule has 0 radical (unpaired) electrons. The van der Waals surface area contributed by atoms with Crippen molar-refractivity contribution in [1.29, 1.82) is 0 Å². The van der Waals surface area contributed by atoms with Crippen molar-refractivity contribution in [3.05, 3.63) is 12.4 Å². The number of hydrogen-bond donors (Lipinski definition) is 2. The maximum Gasteiger partial charge on any atom is 0.490 e. The summed E-state index contributed by atoms with van der Waals surface area (Å²) in [5.74, 6) is -2.76. The number of anilines is 1. The highest BCUT2D eigenvalue weighted by Crippen LogP contribution is 2.31. The van der Waals surface area contributed by atoms with Crippen molar-refractivity contribution in [3.63, 3.8) is 0 Å². The molecule has 0 spiro atoms. The number of nitrogens with zero attached hydrogens (tertiary/aromatic N) is 3. The topological polar surface area (TPSA) is 70.4 Å². The van der Waals surface area contributed by atoms with Crippen molar-refractivity contribution in [2.24, 2.45) is 0 Å². The fourth-order valence-electron chi connectivity index (χ4n) is 2.65. The van der Waals surface area contributed by atoms with Gasteiger partial charge < -0.3 is 15.3 Å². The van der Waals surface area contributed by atoms with Gasteiger partial charge in [-0.15, -0.1) is 0 Å². The number of carboxylic acid groups (broad SMARTS) is 1. The molecule has 2 heterocycles. The van der Waals surface area contributed by atoms with Gasteiger partial charge in [-0.1, -0.05) is 0 Å². The highest BCUT2D eigenvalue weighted by molar-refractivity contribution is 5.73. The van der Waals surface area contributed by atoms with Crippen molar-refractivity contribution < 1.29 is 23.1 Å². The van der Waals surface area contributed by atoms with E-state index in [-0.39, 0.29) is 0 Å². The quantitative estimate of drug-likeness (QED) is 0.879. The summed E-state index contributed by atoms with van der Waals surface area (Å²) >= 11 is 0. The lowest BCUT2D eigenvalue weighted by Crippen LogP contribution is -2.36. The third-order valence-corrected chi connectivity index (χ3v) is 4.38. The summed E-state index contributed by atoms with van der Waals surface area (Å²) in [5.41, 5.74) is 1.20. The van der Waals surface area contributed by atoms with E-state index in [0.717, 1.165) is 0 Å². The van der Waals surface area contributed by atoms with E-state index in [1.54, 1.807) is 0 Å². The molecule has 24 heavy (non-hydrogen) atoms. The van der Waals surface area contributed by atoms with Crippen molar-refractivity contribution in [2.45, 2.75) is 50.4 Å². The van der Waals surface area contributed by atoms with Gasteiger partial charge in [-0.2, -0.15) is 18.3 Å². The van der Waals surface area contributed by atoms with Crippen LogP contribution in [-0.2, 0) is 4.79 Å². The molecular formula is C15H23F3N4O2.